The molecule has 0 radical (unpaired) electrons. The van der Waals surface area contributed by atoms with Crippen LogP contribution in [0, 0.1) is 6.92 Å². The third-order valence-corrected chi connectivity index (χ3v) is 6.88. The second kappa shape index (κ2) is 6.66. The number of halogens is 1. The van der Waals surface area contributed by atoms with Gasteiger partial charge in [0.15, 0.2) is 16.7 Å². The first-order valence-electron chi connectivity index (χ1n) is 9.55. The van der Waals surface area contributed by atoms with E-state index in [-0.39, 0.29) is 6.17 Å². The second-order valence-corrected chi connectivity index (χ2v) is 9.11. The standard InChI is InChI=1S/C22H17BrN4O2S/c1-11-9-12(10-28-2)17-18-19(30-22(17)24-11)21-25-13-5-3-4-6-14(13)27(21)20(26-18)15-7-8-16(23)29-15/h3-9,20,26H,10H2,1-2H3/t20-/m0/s1. The molecular formula is C22H17BrN4O2S. The molecule has 0 amide bonds. The van der Waals surface area contributed by atoms with E-state index < -0.39 is 0 Å². The molecule has 1 aromatic carbocycles. The molecule has 0 bridgehead atoms. The third kappa shape index (κ3) is 2.57. The molecule has 6 rings (SSSR count). The molecule has 0 aliphatic carbocycles. The van der Waals surface area contributed by atoms with Crippen molar-refractivity contribution in [3.05, 3.63) is 64.2 Å². The van der Waals surface area contributed by atoms with Crippen molar-refractivity contribution in [1.29, 1.82) is 0 Å². The van der Waals surface area contributed by atoms with Gasteiger partial charge in [-0.25, -0.2) is 9.97 Å². The van der Waals surface area contributed by atoms with Crippen molar-refractivity contribution in [2.45, 2.75) is 19.7 Å². The van der Waals surface area contributed by atoms with Crippen LogP contribution in [0.25, 0.3) is 32.0 Å². The highest BCUT2D eigenvalue weighted by Crippen LogP contribution is 2.49. The average molecular weight is 481 g/mol. The lowest BCUT2D eigenvalue weighted by Gasteiger charge is -2.27. The fourth-order valence-corrected chi connectivity index (χ4v) is 5.75. The van der Waals surface area contributed by atoms with Crippen LogP contribution in [-0.4, -0.2) is 21.6 Å². The summed E-state index contributed by atoms with van der Waals surface area (Å²) in [5.41, 5.74) is 5.15. The predicted octanol–water partition coefficient (Wildman–Crippen LogP) is 6.10. The number of nitrogens with zero attached hydrogens (tertiary/aromatic N) is 3. The van der Waals surface area contributed by atoms with Crippen molar-refractivity contribution in [3.63, 3.8) is 0 Å². The van der Waals surface area contributed by atoms with Crippen LogP contribution in [-0.2, 0) is 11.3 Å². The largest absolute Gasteiger partial charge is 0.450 e. The van der Waals surface area contributed by atoms with Crippen LogP contribution in [0.15, 0.2) is 51.6 Å². The zero-order valence-electron chi connectivity index (χ0n) is 16.3. The van der Waals surface area contributed by atoms with Crippen LogP contribution < -0.4 is 5.32 Å². The van der Waals surface area contributed by atoms with Crippen LogP contribution in [0.1, 0.15) is 23.2 Å². The lowest BCUT2D eigenvalue weighted by molar-refractivity contribution is 0.186. The number of hydrogen-bond donors (Lipinski definition) is 1. The quantitative estimate of drug-likeness (QED) is 0.338. The van der Waals surface area contributed by atoms with Gasteiger partial charge < -0.3 is 14.5 Å². The van der Waals surface area contributed by atoms with Gasteiger partial charge in [0, 0.05) is 18.2 Å². The first-order valence-corrected chi connectivity index (χ1v) is 11.2. The van der Waals surface area contributed by atoms with Crippen LogP contribution in [0.2, 0.25) is 0 Å². The van der Waals surface area contributed by atoms with E-state index in [9.17, 15) is 0 Å². The van der Waals surface area contributed by atoms with Crippen LogP contribution in [0.4, 0.5) is 5.69 Å². The molecule has 30 heavy (non-hydrogen) atoms. The third-order valence-electron chi connectivity index (χ3n) is 5.37. The van der Waals surface area contributed by atoms with Gasteiger partial charge in [-0.05, 0) is 58.7 Å². The summed E-state index contributed by atoms with van der Waals surface area (Å²) in [5, 5.41) is 4.82. The lowest BCUT2D eigenvalue weighted by Crippen LogP contribution is -2.23. The molecule has 4 aromatic heterocycles. The number of hydrogen-bond acceptors (Lipinski definition) is 6. The number of pyridine rings is 1. The molecule has 0 spiro atoms. The van der Waals surface area contributed by atoms with Crippen molar-refractivity contribution < 1.29 is 9.15 Å². The molecule has 1 N–H and O–H groups in total. The zero-order valence-corrected chi connectivity index (χ0v) is 18.7. The number of aryl methyl sites for hydroxylation is 1. The SMILES string of the molecule is COCc1cc(C)nc2sc3c(c12)N[C@H](c1ccc(Br)o1)n1c-3nc2ccccc21. The Balaban J connectivity index is 1.69. The number of nitrogens with one attached hydrogen (secondary N) is 1. The number of imidazole rings is 1. The van der Waals surface area contributed by atoms with E-state index in [1.165, 1.54) is 0 Å². The van der Waals surface area contributed by atoms with Gasteiger partial charge in [-0.15, -0.1) is 11.3 Å². The molecule has 0 fully saturated rings. The molecule has 150 valence electrons. The van der Waals surface area contributed by atoms with E-state index in [0.717, 1.165) is 54.7 Å². The van der Waals surface area contributed by atoms with E-state index in [2.05, 4.69) is 37.9 Å². The molecule has 0 saturated carbocycles. The fraction of sp³-hybridized carbons (Fsp3) is 0.182. The van der Waals surface area contributed by atoms with Gasteiger partial charge >= 0.3 is 0 Å². The van der Waals surface area contributed by atoms with E-state index in [1.807, 2.05) is 37.3 Å². The Bertz CT molecular complexity index is 1430. The minimum absolute atomic E-state index is 0.222. The van der Waals surface area contributed by atoms with Gasteiger partial charge in [0.05, 0.1) is 28.2 Å². The van der Waals surface area contributed by atoms with Crippen molar-refractivity contribution in [2.75, 3.05) is 12.4 Å². The second-order valence-electron chi connectivity index (χ2n) is 7.32. The predicted molar refractivity (Wildman–Crippen MR) is 122 cm³/mol. The maximum Gasteiger partial charge on any atom is 0.169 e. The Morgan fingerprint density at radius 2 is 2.10 bits per heavy atom. The Morgan fingerprint density at radius 1 is 1.23 bits per heavy atom. The molecule has 5 aromatic rings. The Labute approximate surface area is 184 Å². The molecule has 0 saturated heterocycles. The fourth-order valence-electron chi connectivity index (χ4n) is 4.22. The maximum absolute atomic E-state index is 5.97. The summed E-state index contributed by atoms with van der Waals surface area (Å²) in [6, 6.07) is 14.2. The maximum atomic E-state index is 5.97. The van der Waals surface area contributed by atoms with Gasteiger partial charge in [0.25, 0.3) is 0 Å². The molecule has 0 unspecified atom stereocenters. The van der Waals surface area contributed by atoms with E-state index in [4.69, 9.17) is 19.1 Å². The zero-order chi connectivity index (χ0) is 20.4. The Morgan fingerprint density at radius 3 is 2.90 bits per heavy atom. The summed E-state index contributed by atoms with van der Waals surface area (Å²) in [5.74, 6) is 1.73. The molecule has 6 nitrogen and oxygen atoms in total. The monoisotopic (exact) mass is 480 g/mol. The summed E-state index contributed by atoms with van der Waals surface area (Å²) in [6.07, 6.45) is -0.222. The summed E-state index contributed by atoms with van der Waals surface area (Å²) in [6.45, 7) is 2.54. The topological polar surface area (TPSA) is 65.1 Å². The molecule has 8 heteroatoms. The van der Waals surface area contributed by atoms with Gasteiger partial charge in [-0.1, -0.05) is 12.1 Å². The van der Waals surface area contributed by atoms with Gasteiger partial charge in [0.2, 0.25) is 0 Å². The van der Waals surface area contributed by atoms with Gasteiger partial charge in [-0.3, -0.25) is 4.57 Å². The summed E-state index contributed by atoms with van der Waals surface area (Å²) in [7, 11) is 1.72. The number of fused-ring (bicyclic) bond motifs is 7. The van der Waals surface area contributed by atoms with Crippen molar-refractivity contribution in [1.82, 2.24) is 14.5 Å². The molecule has 1 atom stereocenters. The number of methoxy groups -OCH3 is 1. The van der Waals surface area contributed by atoms with Crippen molar-refractivity contribution in [2.24, 2.45) is 0 Å². The molecular weight excluding hydrogens is 464 g/mol. The number of anilines is 1. The first-order chi connectivity index (χ1) is 14.6. The van der Waals surface area contributed by atoms with E-state index in [0.29, 0.717) is 11.3 Å². The Hall–Kier alpha value is -2.68. The number of para-hydroxylation sites is 2. The minimum atomic E-state index is -0.222. The minimum Gasteiger partial charge on any atom is -0.450 e. The lowest BCUT2D eigenvalue weighted by atomic mass is 10.1. The average Bonchev–Trinajstić information content (AvgIpc) is 3.42. The van der Waals surface area contributed by atoms with Gasteiger partial charge in [-0.2, -0.15) is 0 Å². The summed E-state index contributed by atoms with van der Waals surface area (Å²) < 4.78 is 14.4. The summed E-state index contributed by atoms with van der Waals surface area (Å²) >= 11 is 5.10. The van der Waals surface area contributed by atoms with E-state index in [1.54, 1.807) is 18.4 Å². The number of ether oxygens (including phenoxy) is 1. The molecule has 1 aliphatic heterocycles. The normalized spacial score (nSPS) is 15.4. The highest BCUT2D eigenvalue weighted by molar-refractivity contribution is 9.10. The van der Waals surface area contributed by atoms with Crippen LogP contribution in [0.3, 0.4) is 0 Å². The van der Waals surface area contributed by atoms with Crippen LogP contribution >= 0.6 is 27.3 Å². The summed E-state index contributed by atoms with van der Waals surface area (Å²) in [4.78, 5) is 11.9. The molecule has 5 heterocycles. The number of benzene rings is 1. The van der Waals surface area contributed by atoms with Crippen molar-refractivity contribution in [3.8, 4) is 10.7 Å². The smallest absolute Gasteiger partial charge is 0.169 e. The number of furan rings is 1. The van der Waals surface area contributed by atoms with E-state index >= 15 is 0 Å². The highest BCUT2D eigenvalue weighted by atomic mass is 79.9. The number of aromatic nitrogens is 3. The van der Waals surface area contributed by atoms with Crippen molar-refractivity contribution >= 4 is 54.2 Å². The Kier molecular flexibility index (Phi) is 4.02. The number of thiophene rings is 1. The van der Waals surface area contributed by atoms with Gasteiger partial charge in [0.1, 0.15) is 10.6 Å². The highest BCUT2D eigenvalue weighted by Gasteiger charge is 2.33. The number of rotatable bonds is 3. The van der Waals surface area contributed by atoms with Crippen LogP contribution in [0.5, 0.6) is 0 Å². The first kappa shape index (κ1) is 18.1. The molecule has 1 aliphatic rings.